The predicted octanol–water partition coefficient (Wildman–Crippen LogP) is 2.22. The van der Waals surface area contributed by atoms with E-state index in [-0.39, 0.29) is 6.54 Å². The lowest BCUT2D eigenvalue weighted by Crippen LogP contribution is -2.29. The zero-order chi connectivity index (χ0) is 14.3. The number of urea groups is 1. The summed E-state index contributed by atoms with van der Waals surface area (Å²) in [7, 11) is 1.50. The Labute approximate surface area is 118 Å². The Bertz CT molecular complexity index is 503. The van der Waals surface area contributed by atoms with Gasteiger partial charge in [0, 0.05) is 17.1 Å². The SMILES string of the molecule is COc1ccc(Br)cc1NC(=O)NC/C=C/C(=O)O. The number of aliphatic carboxylic acids is 1. The van der Waals surface area contributed by atoms with E-state index in [1.165, 1.54) is 13.2 Å². The molecule has 1 aromatic carbocycles. The molecule has 0 aliphatic carbocycles. The Morgan fingerprint density at radius 1 is 1.47 bits per heavy atom. The van der Waals surface area contributed by atoms with Gasteiger partial charge in [0.1, 0.15) is 5.75 Å². The maximum absolute atomic E-state index is 11.6. The number of carboxylic acids is 1. The zero-order valence-corrected chi connectivity index (χ0v) is 11.7. The highest BCUT2D eigenvalue weighted by Crippen LogP contribution is 2.27. The summed E-state index contributed by atoms with van der Waals surface area (Å²) in [6.07, 6.45) is 2.29. The van der Waals surface area contributed by atoms with Crippen LogP contribution in [-0.4, -0.2) is 30.8 Å². The highest BCUT2D eigenvalue weighted by molar-refractivity contribution is 9.10. The van der Waals surface area contributed by atoms with Gasteiger partial charge in [0.15, 0.2) is 0 Å². The van der Waals surface area contributed by atoms with Crippen LogP contribution < -0.4 is 15.4 Å². The number of halogens is 1. The average molecular weight is 329 g/mol. The van der Waals surface area contributed by atoms with Crippen molar-refractivity contribution in [3.8, 4) is 5.75 Å². The van der Waals surface area contributed by atoms with E-state index in [4.69, 9.17) is 9.84 Å². The second kappa shape index (κ2) is 7.42. The Hall–Kier alpha value is -2.02. The van der Waals surface area contributed by atoms with E-state index in [1.54, 1.807) is 18.2 Å². The van der Waals surface area contributed by atoms with Crippen LogP contribution in [0.5, 0.6) is 5.75 Å². The van der Waals surface area contributed by atoms with Gasteiger partial charge in [-0.2, -0.15) is 0 Å². The number of carboxylic acid groups (broad SMARTS) is 1. The molecular formula is C12H13BrN2O4. The molecule has 2 amide bonds. The third-order valence-corrected chi connectivity index (χ3v) is 2.54. The maximum Gasteiger partial charge on any atom is 0.328 e. The highest BCUT2D eigenvalue weighted by Gasteiger charge is 2.06. The normalized spacial score (nSPS) is 10.2. The van der Waals surface area contributed by atoms with Crippen molar-refractivity contribution < 1.29 is 19.4 Å². The topological polar surface area (TPSA) is 87.7 Å². The quantitative estimate of drug-likeness (QED) is 0.723. The standard InChI is InChI=1S/C12H13BrN2O4/c1-19-10-5-4-8(13)7-9(10)15-12(18)14-6-2-3-11(16)17/h2-5,7H,6H2,1H3,(H,16,17)(H2,14,15,18)/b3-2+. The predicted molar refractivity (Wildman–Crippen MR) is 74.5 cm³/mol. The molecule has 3 N–H and O–H groups in total. The van der Waals surface area contributed by atoms with E-state index in [1.807, 2.05) is 0 Å². The number of anilines is 1. The van der Waals surface area contributed by atoms with Crippen LogP contribution in [0.25, 0.3) is 0 Å². The van der Waals surface area contributed by atoms with E-state index in [0.29, 0.717) is 11.4 Å². The summed E-state index contributed by atoms with van der Waals surface area (Å²) in [4.78, 5) is 21.8. The summed E-state index contributed by atoms with van der Waals surface area (Å²) in [6, 6.07) is 4.75. The molecule has 0 saturated heterocycles. The number of carbonyl (C=O) groups is 2. The smallest absolute Gasteiger partial charge is 0.328 e. The van der Waals surface area contributed by atoms with Gasteiger partial charge in [-0.3, -0.25) is 0 Å². The second-order valence-electron chi connectivity index (χ2n) is 3.42. The summed E-state index contributed by atoms with van der Waals surface area (Å²) in [5.41, 5.74) is 0.511. The van der Waals surface area contributed by atoms with E-state index in [0.717, 1.165) is 10.5 Å². The molecule has 0 fully saturated rings. The van der Waals surface area contributed by atoms with Crippen LogP contribution in [0.4, 0.5) is 10.5 Å². The fraction of sp³-hybridized carbons (Fsp3) is 0.167. The van der Waals surface area contributed by atoms with Crippen molar-refractivity contribution in [3.63, 3.8) is 0 Å². The Kier molecular flexibility index (Phi) is 5.87. The second-order valence-corrected chi connectivity index (χ2v) is 4.34. The third-order valence-electron chi connectivity index (χ3n) is 2.05. The van der Waals surface area contributed by atoms with Crippen LogP contribution in [0.15, 0.2) is 34.8 Å². The van der Waals surface area contributed by atoms with Crippen LogP contribution in [-0.2, 0) is 4.79 Å². The van der Waals surface area contributed by atoms with Crippen molar-refractivity contribution >= 4 is 33.6 Å². The van der Waals surface area contributed by atoms with Crippen LogP contribution in [0, 0.1) is 0 Å². The molecule has 0 saturated carbocycles. The van der Waals surface area contributed by atoms with Crippen molar-refractivity contribution in [3.05, 3.63) is 34.8 Å². The van der Waals surface area contributed by atoms with E-state index in [9.17, 15) is 9.59 Å². The van der Waals surface area contributed by atoms with Gasteiger partial charge in [-0.25, -0.2) is 9.59 Å². The van der Waals surface area contributed by atoms with Gasteiger partial charge in [0.2, 0.25) is 0 Å². The first-order valence-electron chi connectivity index (χ1n) is 5.31. The van der Waals surface area contributed by atoms with Gasteiger partial charge in [-0.1, -0.05) is 22.0 Å². The molecule has 6 nitrogen and oxygen atoms in total. The van der Waals surface area contributed by atoms with E-state index in [2.05, 4.69) is 26.6 Å². The average Bonchev–Trinajstić information content (AvgIpc) is 2.35. The van der Waals surface area contributed by atoms with Crippen molar-refractivity contribution in [2.75, 3.05) is 19.0 Å². The summed E-state index contributed by atoms with van der Waals surface area (Å²) in [5.74, 6) is -0.532. The minimum Gasteiger partial charge on any atom is -0.495 e. The first-order valence-corrected chi connectivity index (χ1v) is 6.10. The number of amides is 2. The maximum atomic E-state index is 11.6. The number of nitrogens with one attached hydrogen (secondary N) is 2. The number of benzene rings is 1. The van der Waals surface area contributed by atoms with Crippen molar-refractivity contribution in [1.82, 2.24) is 5.32 Å². The number of ether oxygens (including phenoxy) is 1. The molecule has 0 unspecified atom stereocenters. The van der Waals surface area contributed by atoms with E-state index >= 15 is 0 Å². The molecular weight excluding hydrogens is 316 g/mol. The summed E-state index contributed by atoms with van der Waals surface area (Å²) in [6.45, 7) is 0.119. The van der Waals surface area contributed by atoms with Gasteiger partial charge < -0.3 is 20.5 Å². The van der Waals surface area contributed by atoms with Gasteiger partial charge in [0.25, 0.3) is 0 Å². The lowest BCUT2D eigenvalue weighted by atomic mass is 10.3. The summed E-state index contributed by atoms with van der Waals surface area (Å²) in [5, 5.41) is 13.5. The van der Waals surface area contributed by atoms with Crippen LogP contribution >= 0.6 is 15.9 Å². The molecule has 0 radical (unpaired) electrons. The minimum atomic E-state index is -1.06. The highest BCUT2D eigenvalue weighted by atomic mass is 79.9. The molecule has 0 atom stereocenters. The fourth-order valence-corrected chi connectivity index (χ4v) is 1.62. The van der Waals surface area contributed by atoms with Crippen LogP contribution in [0.1, 0.15) is 0 Å². The zero-order valence-electron chi connectivity index (χ0n) is 10.1. The molecule has 0 bridgehead atoms. The molecule has 1 rings (SSSR count). The molecule has 0 spiro atoms. The Balaban J connectivity index is 2.57. The first kappa shape index (κ1) is 15.0. The van der Waals surface area contributed by atoms with E-state index < -0.39 is 12.0 Å². The van der Waals surface area contributed by atoms with Gasteiger partial charge in [-0.15, -0.1) is 0 Å². The van der Waals surface area contributed by atoms with Crippen LogP contribution in [0.2, 0.25) is 0 Å². The first-order chi connectivity index (χ1) is 9.02. The molecule has 19 heavy (non-hydrogen) atoms. The largest absolute Gasteiger partial charge is 0.495 e. The van der Waals surface area contributed by atoms with Gasteiger partial charge in [0.05, 0.1) is 12.8 Å². The molecule has 1 aromatic rings. The fourth-order valence-electron chi connectivity index (χ4n) is 1.26. The molecule has 0 aliphatic heterocycles. The molecule has 0 aliphatic rings. The summed E-state index contributed by atoms with van der Waals surface area (Å²) < 4.78 is 5.90. The number of methoxy groups -OCH3 is 1. The number of rotatable bonds is 5. The Morgan fingerprint density at radius 3 is 2.84 bits per heavy atom. The minimum absolute atomic E-state index is 0.119. The molecule has 0 heterocycles. The lowest BCUT2D eigenvalue weighted by Gasteiger charge is -2.10. The molecule has 0 aromatic heterocycles. The third kappa shape index (κ3) is 5.43. The lowest BCUT2D eigenvalue weighted by molar-refractivity contribution is -0.131. The van der Waals surface area contributed by atoms with Crippen LogP contribution in [0.3, 0.4) is 0 Å². The number of carbonyl (C=O) groups excluding carboxylic acids is 1. The van der Waals surface area contributed by atoms with Gasteiger partial charge >= 0.3 is 12.0 Å². The molecule has 102 valence electrons. The number of hydrogen-bond donors (Lipinski definition) is 3. The Morgan fingerprint density at radius 2 is 2.21 bits per heavy atom. The van der Waals surface area contributed by atoms with Crippen molar-refractivity contribution in [2.45, 2.75) is 0 Å². The monoisotopic (exact) mass is 328 g/mol. The number of hydrogen-bond acceptors (Lipinski definition) is 3. The van der Waals surface area contributed by atoms with Crippen molar-refractivity contribution in [2.24, 2.45) is 0 Å². The van der Waals surface area contributed by atoms with Gasteiger partial charge in [-0.05, 0) is 18.2 Å². The summed E-state index contributed by atoms with van der Waals surface area (Å²) >= 11 is 3.29. The molecule has 7 heteroatoms. The van der Waals surface area contributed by atoms with Crippen molar-refractivity contribution in [1.29, 1.82) is 0 Å².